The Balaban J connectivity index is 1.41. The minimum absolute atomic E-state index is 0.0346. The van der Waals surface area contributed by atoms with Crippen molar-refractivity contribution in [2.24, 2.45) is 0 Å². The van der Waals surface area contributed by atoms with Gasteiger partial charge in [-0.2, -0.15) is 0 Å². The number of nitrogens with zero attached hydrogens (tertiary/aromatic N) is 1. The third kappa shape index (κ3) is 5.96. The summed E-state index contributed by atoms with van der Waals surface area (Å²) in [5.74, 6) is -0.160. The lowest BCUT2D eigenvalue weighted by molar-refractivity contribution is -0.141. The molecule has 2 amide bonds. The molecule has 2 heterocycles. The number of benzene rings is 2. The Labute approximate surface area is 189 Å². The molecule has 2 aliphatic rings. The van der Waals surface area contributed by atoms with E-state index >= 15 is 0 Å². The van der Waals surface area contributed by atoms with Crippen molar-refractivity contribution >= 4 is 17.5 Å². The number of hydrogen-bond acceptors (Lipinski definition) is 4. The fraction of sp³-hybridized carbons (Fsp3) is 0.462. The Morgan fingerprint density at radius 3 is 2.75 bits per heavy atom. The van der Waals surface area contributed by atoms with E-state index in [1.165, 1.54) is 6.42 Å². The lowest BCUT2D eigenvalue weighted by atomic mass is 10.0. The molecule has 2 unspecified atom stereocenters. The van der Waals surface area contributed by atoms with Crippen molar-refractivity contribution in [3.05, 3.63) is 65.7 Å². The topological polar surface area (TPSA) is 67.9 Å². The van der Waals surface area contributed by atoms with Crippen molar-refractivity contribution in [2.75, 3.05) is 25.1 Å². The van der Waals surface area contributed by atoms with Crippen LogP contribution in [0.4, 0.5) is 5.69 Å². The Morgan fingerprint density at radius 1 is 1.09 bits per heavy atom. The zero-order chi connectivity index (χ0) is 22.2. The summed E-state index contributed by atoms with van der Waals surface area (Å²) in [6, 6.07) is 16.6. The van der Waals surface area contributed by atoms with Gasteiger partial charge in [0.2, 0.25) is 5.91 Å². The van der Waals surface area contributed by atoms with Gasteiger partial charge >= 0.3 is 0 Å². The molecule has 170 valence electrons. The van der Waals surface area contributed by atoms with E-state index in [1.807, 2.05) is 54.6 Å². The Morgan fingerprint density at radius 2 is 1.97 bits per heavy atom. The average molecular weight is 437 g/mol. The zero-order valence-electron chi connectivity index (χ0n) is 18.5. The molecule has 2 fully saturated rings. The van der Waals surface area contributed by atoms with Crippen molar-refractivity contribution in [3.63, 3.8) is 0 Å². The van der Waals surface area contributed by atoms with E-state index < -0.39 is 6.04 Å². The van der Waals surface area contributed by atoms with Gasteiger partial charge in [0.05, 0.1) is 19.3 Å². The normalized spacial score (nSPS) is 20.1. The van der Waals surface area contributed by atoms with Crippen molar-refractivity contribution < 1.29 is 19.1 Å². The van der Waals surface area contributed by atoms with Crippen LogP contribution in [-0.4, -0.2) is 42.6 Å². The molecule has 0 bridgehead atoms. The summed E-state index contributed by atoms with van der Waals surface area (Å²) in [6.07, 6.45) is 5.84. The number of carbonyl (C=O) groups is 2. The van der Waals surface area contributed by atoms with Gasteiger partial charge in [0.15, 0.2) is 0 Å². The molecule has 1 N–H and O–H groups in total. The molecular formula is C26H32N2O4. The largest absolute Gasteiger partial charge is 0.376 e. The predicted molar refractivity (Wildman–Crippen MR) is 123 cm³/mol. The summed E-state index contributed by atoms with van der Waals surface area (Å²) >= 11 is 0. The van der Waals surface area contributed by atoms with Crippen molar-refractivity contribution in [1.82, 2.24) is 4.90 Å². The molecule has 6 heteroatoms. The molecular weight excluding hydrogens is 404 g/mol. The maximum Gasteiger partial charge on any atom is 0.251 e. The van der Waals surface area contributed by atoms with Gasteiger partial charge in [-0.1, -0.05) is 42.5 Å². The molecule has 0 aliphatic carbocycles. The van der Waals surface area contributed by atoms with E-state index in [4.69, 9.17) is 9.47 Å². The predicted octanol–water partition coefficient (Wildman–Crippen LogP) is 4.46. The van der Waals surface area contributed by atoms with E-state index in [0.29, 0.717) is 31.9 Å². The van der Waals surface area contributed by atoms with E-state index in [9.17, 15) is 9.59 Å². The molecule has 2 atom stereocenters. The van der Waals surface area contributed by atoms with E-state index in [0.717, 1.165) is 43.4 Å². The van der Waals surface area contributed by atoms with Crippen LogP contribution in [0.2, 0.25) is 0 Å². The highest BCUT2D eigenvalue weighted by Crippen LogP contribution is 2.27. The minimum atomic E-state index is -0.632. The first-order valence-electron chi connectivity index (χ1n) is 11.6. The molecule has 2 saturated heterocycles. The summed E-state index contributed by atoms with van der Waals surface area (Å²) in [4.78, 5) is 27.6. The second-order valence-corrected chi connectivity index (χ2v) is 8.55. The van der Waals surface area contributed by atoms with Crippen molar-refractivity contribution in [2.45, 2.75) is 57.3 Å². The fourth-order valence-electron chi connectivity index (χ4n) is 4.40. The summed E-state index contributed by atoms with van der Waals surface area (Å²) in [7, 11) is 0. The number of rotatable bonds is 8. The molecule has 0 aromatic heterocycles. The first-order chi connectivity index (χ1) is 15.7. The van der Waals surface area contributed by atoms with Crippen LogP contribution in [0.25, 0.3) is 0 Å². The summed E-state index contributed by atoms with van der Waals surface area (Å²) in [5.41, 5.74) is 2.52. The van der Waals surface area contributed by atoms with Crippen LogP contribution in [0.1, 0.15) is 55.7 Å². The fourth-order valence-corrected chi connectivity index (χ4v) is 4.40. The third-order valence-electron chi connectivity index (χ3n) is 6.08. The summed E-state index contributed by atoms with van der Waals surface area (Å²) in [6.45, 7) is 2.47. The maximum atomic E-state index is 13.3. The minimum Gasteiger partial charge on any atom is -0.376 e. The average Bonchev–Trinajstić information content (AvgIpc) is 2.82. The molecule has 4 rings (SSSR count). The van der Waals surface area contributed by atoms with Gasteiger partial charge in [-0.05, 0) is 55.4 Å². The number of ether oxygens (including phenoxy) is 2. The molecule has 0 radical (unpaired) electrons. The molecule has 2 aromatic carbocycles. The number of anilines is 1. The first kappa shape index (κ1) is 22.5. The van der Waals surface area contributed by atoms with Gasteiger partial charge < -0.3 is 19.7 Å². The van der Waals surface area contributed by atoms with Gasteiger partial charge in [-0.25, -0.2) is 0 Å². The van der Waals surface area contributed by atoms with E-state index in [2.05, 4.69) is 5.32 Å². The second kappa shape index (κ2) is 11.2. The van der Waals surface area contributed by atoms with E-state index in [-0.39, 0.29) is 17.9 Å². The van der Waals surface area contributed by atoms with Crippen LogP contribution >= 0.6 is 0 Å². The number of amides is 2. The smallest absolute Gasteiger partial charge is 0.251 e. The van der Waals surface area contributed by atoms with Crippen molar-refractivity contribution in [1.29, 1.82) is 0 Å². The van der Waals surface area contributed by atoms with Gasteiger partial charge in [0, 0.05) is 25.3 Å². The molecule has 2 aromatic rings. The zero-order valence-corrected chi connectivity index (χ0v) is 18.5. The number of nitrogens with one attached hydrogen (secondary N) is 1. The summed E-state index contributed by atoms with van der Waals surface area (Å²) < 4.78 is 11.6. The molecule has 2 aliphatic heterocycles. The number of piperidine rings is 1. The quantitative estimate of drug-likeness (QED) is 0.663. The maximum absolute atomic E-state index is 13.3. The van der Waals surface area contributed by atoms with E-state index in [1.54, 1.807) is 4.90 Å². The van der Waals surface area contributed by atoms with Crippen LogP contribution in [0.5, 0.6) is 0 Å². The Bertz CT molecular complexity index is 896. The molecule has 32 heavy (non-hydrogen) atoms. The SMILES string of the molecule is O=C(Nc1cccc(COCC2CCCCO2)c1)C(c1ccccc1)N1CCCCC1=O. The monoisotopic (exact) mass is 436 g/mol. The first-order valence-corrected chi connectivity index (χ1v) is 11.6. The highest BCUT2D eigenvalue weighted by Gasteiger charge is 2.32. The molecule has 0 saturated carbocycles. The molecule has 0 spiro atoms. The van der Waals surface area contributed by atoms with Crippen LogP contribution in [-0.2, 0) is 25.7 Å². The Hall–Kier alpha value is -2.70. The number of carbonyl (C=O) groups excluding carboxylic acids is 2. The number of likely N-dealkylation sites (tertiary alicyclic amines) is 1. The standard InChI is InChI=1S/C26H32N2O4/c29-24-14-4-6-15-28(24)25(21-10-2-1-3-11-21)26(30)27-22-12-8-9-20(17-22)18-31-19-23-13-5-7-16-32-23/h1-3,8-12,17,23,25H,4-7,13-16,18-19H2,(H,27,30). The lowest BCUT2D eigenvalue weighted by Crippen LogP contribution is -2.43. The van der Waals surface area contributed by atoms with Crippen LogP contribution < -0.4 is 5.32 Å². The third-order valence-corrected chi connectivity index (χ3v) is 6.08. The second-order valence-electron chi connectivity index (χ2n) is 8.55. The highest BCUT2D eigenvalue weighted by atomic mass is 16.5. The van der Waals surface area contributed by atoms with Crippen LogP contribution in [0.15, 0.2) is 54.6 Å². The highest BCUT2D eigenvalue weighted by molar-refractivity contribution is 5.98. The molecule has 6 nitrogen and oxygen atoms in total. The van der Waals surface area contributed by atoms with Crippen molar-refractivity contribution in [3.8, 4) is 0 Å². The van der Waals surface area contributed by atoms with Crippen LogP contribution in [0.3, 0.4) is 0 Å². The van der Waals surface area contributed by atoms with Crippen LogP contribution in [0, 0.1) is 0 Å². The van der Waals surface area contributed by atoms with Gasteiger partial charge in [0.1, 0.15) is 6.04 Å². The number of hydrogen-bond donors (Lipinski definition) is 1. The van der Waals surface area contributed by atoms with Gasteiger partial charge in [0.25, 0.3) is 5.91 Å². The Kier molecular flexibility index (Phi) is 7.91. The van der Waals surface area contributed by atoms with Gasteiger partial charge in [-0.15, -0.1) is 0 Å². The van der Waals surface area contributed by atoms with Gasteiger partial charge in [-0.3, -0.25) is 9.59 Å². The summed E-state index contributed by atoms with van der Waals surface area (Å²) in [5, 5.41) is 3.03. The lowest BCUT2D eigenvalue weighted by Gasteiger charge is -2.34.